The summed E-state index contributed by atoms with van der Waals surface area (Å²) in [7, 11) is 0. The van der Waals surface area contributed by atoms with Crippen LogP contribution >= 0.6 is 11.6 Å². The van der Waals surface area contributed by atoms with E-state index in [4.69, 9.17) is 11.6 Å². The smallest absolute Gasteiger partial charge is 0.0756 e. The normalized spacial score (nSPS) is 28.1. The maximum atomic E-state index is 6.32. The summed E-state index contributed by atoms with van der Waals surface area (Å²) in [4.78, 5) is 7.05. The molecule has 0 bridgehead atoms. The number of alkyl halides is 1. The van der Waals surface area contributed by atoms with Crippen molar-refractivity contribution >= 4 is 17.3 Å². The Morgan fingerprint density at radius 3 is 2.81 bits per heavy atom. The zero-order valence-electron chi connectivity index (χ0n) is 10.0. The van der Waals surface area contributed by atoms with E-state index in [9.17, 15) is 0 Å². The van der Waals surface area contributed by atoms with Gasteiger partial charge in [-0.15, -0.1) is 11.6 Å². The van der Waals surface area contributed by atoms with Crippen molar-refractivity contribution in [2.75, 3.05) is 19.6 Å². The van der Waals surface area contributed by atoms with E-state index < -0.39 is 0 Å². The van der Waals surface area contributed by atoms with Crippen LogP contribution in [0.2, 0.25) is 0 Å². The minimum Gasteiger partial charge on any atom is -0.303 e. The first-order chi connectivity index (χ1) is 7.81. The van der Waals surface area contributed by atoms with Gasteiger partial charge in [-0.05, 0) is 45.3 Å². The van der Waals surface area contributed by atoms with Crippen LogP contribution in [0.5, 0.6) is 0 Å². The highest BCUT2D eigenvalue weighted by molar-refractivity contribution is 6.32. The van der Waals surface area contributed by atoms with Gasteiger partial charge in [0.25, 0.3) is 0 Å². The summed E-state index contributed by atoms with van der Waals surface area (Å²) in [5.41, 5.74) is 1.24. The number of aliphatic imine (C=N–C) groups is 1. The highest BCUT2D eigenvalue weighted by Gasteiger charge is 2.27. The highest BCUT2D eigenvalue weighted by atomic mass is 35.5. The fourth-order valence-corrected chi connectivity index (χ4v) is 2.99. The molecular weight excluding hydrogens is 220 g/mol. The molecule has 2 nitrogen and oxygen atoms in total. The van der Waals surface area contributed by atoms with Crippen molar-refractivity contribution in [1.29, 1.82) is 0 Å². The number of nitrogens with zero attached hydrogens (tertiary/aromatic N) is 2. The Hall–Kier alpha value is -0.340. The first kappa shape index (κ1) is 12.1. The highest BCUT2D eigenvalue weighted by Crippen LogP contribution is 2.25. The Labute approximate surface area is 103 Å². The fraction of sp³-hybridized carbons (Fsp3) is 0.769. The van der Waals surface area contributed by atoms with Crippen LogP contribution in [0.1, 0.15) is 32.6 Å². The second-order valence-corrected chi connectivity index (χ2v) is 5.28. The van der Waals surface area contributed by atoms with E-state index in [2.05, 4.69) is 22.9 Å². The SMILES string of the molecule is CCCN1CCC(C2=NC=CCC2Cl)CC1. The van der Waals surface area contributed by atoms with Crippen molar-refractivity contribution in [2.24, 2.45) is 10.9 Å². The number of piperidine rings is 1. The minimum atomic E-state index is 0.146. The Morgan fingerprint density at radius 2 is 2.19 bits per heavy atom. The van der Waals surface area contributed by atoms with Gasteiger partial charge in [0.1, 0.15) is 0 Å². The topological polar surface area (TPSA) is 15.6 Å². The third kappa shape index (κ3) is 2.86. The van der Waals surface area contributed by atoms with Crippen LogP contribution in [0, 0.1) is 5.92 Å². The van der Waals surface area contributed by atoms with Crippen molar-refractivity contribution in [3.05, 3.63) is 12.3 Å². The molecule has 0 spiro atoms. The molecule has 16 heavy (non-hydrogen) atoms. The molecule has 0 saturated carbocycles. The largest absolute Gasteiger partial charge is 0.303 e. The van der Waals surface area contributed by atoms with Gasteiger partial charge in [0, 0.05) is 17.8 Å². The zero-order valence-corrected chi connectivity index (χ0v) is 10.8. The van der Waals surface area contributed by atoms with Crippen molar-refractivity contribution in [3.63, 3.8) is 0 Å². The second-order valence-electron chi connectivity index (χ2n) is 4.76. The summed E-state index contributed by atoms with van der Waals surface area (Å²) >= 11 is 6.32. The molecule has 0 aliphatic carbocycles. The number of halogens is 1. The first-order valence-electron chi connectivity index (χ1n) is 6.40. The number of likely N-dealkylation sites (tertiary alicyclic amines) is 1. The number of hydrogen-bond acceptors (Lipinski definition) is 2. The molecule has 0 aromatic rings. The molecule has 0 radical (unpaired) electrons. The summed E-state index contributed by atoms with van der Waals surface area (Å²) < 4.78 is 0. The van der Waals surface area contributed by atoms with Crippen LogP contribution in [0.25, 0.3) is 0 Å². The summed E-state index contributed by atoms with van der Waals surface area (Å²) in [6.07, 6.45) is 8.66. The van der Waals surface area contributed by atoms with Crippen LogP contribution in [0.15, 0.2) is 17.3 Å². The molecule has 0 aromatic carbocycles. The second kappa shape index (κ2) is 5.83. The molecule has 1 fully saturated rings. The lowest BCUT2D eigenvalue weighted by Gasteiger charge is -2.33. The molecule has 3 heteroatoms. The van der Waals surface area contributed by atoms with Gasteiger partial charge in [-0.3, -0.25) is 4.99 Å². The van der Waals surface area contributed by atoms with Gasteiger partial charge in [0.2, 0.25) is 0 Å². The molecule has 0 amide bonds. The van der Waals surface area contributed by atoms with Gasteiger partial charge in [-0.2, -0.15) is 0 Å². The molecule has 2 aliphatic rings. The monoisotopic (exact) mass is 240 g/mol. The third-order valence-corrected chi connectivity index (χ3v) is 3.94. The quantitative estimate of drug-likeness (QED) is 0.693. The minimum absolute atomic E-state index is 0.146. The Morgan fingerprint density at radius 1 is 1.44 bits per heavy atom. The van der Waals surface area contributed by atoms with E-state index in [1.807, 2.05) is 6.20 Å². The van der Waals surface area contributed by atoms with Crippen LogP contribution < -0.4 is 0 Å². The molecule has 1 unspecified atom stereocenters. The Kier molecular flexibility index (Phi) is 4.42. The van der Waals surface area contributed by atoms with Gasteiger partial charge in [-0.1, -0.05) is 13.0 Å². The average Bonchev–Trinajstić information content (AvgIpc) is 2.31. The summed E-state index contributed by atoms with van der Waals surface area (Å²) in [6.45, 7) is 5.91. The van der Waals surface area contributed by atoms with Gasteiger partial charge < -0.3 is 4.90 Å². The lowest BCUT2D eigenvalue weighted by molar-refractivity contribution is 0.209. The van der Waals surface area contributed by atoms with Crippen LogP contribution in [-0.2, 0) is 0 Å². The van der Waals surface area contributed by atoms with E-state index in [0.29, 0.717) is 5.92 Å². The molecule has 2 rings (SSSR count). The molecule has 0 N–H and O–H groups in total. The van der Waals surface area contributed by atoms with Crippen molar-refractivity contribution in [2.45, 2.75) is 38.0 Å². The van der Waals surface area contributed by atoms with Crippen molar-refractivity contribution < 1.29 is 0 Å². The standard InChI is InChI=1S/C13H21ClN2/c1-2-8-16-9-5-11(6-10-16)13-12(14)4-3-7-15-13/h3,7,11-12H,2,4-6,8-10H2,1H3. The summed E-state index contributed by atoms with van der Waals surface area (Å²) in [5.74, 6) is 0.626. The van der Waals surface area contributed by atoms with E-state index in [-0.39, 0.29) is 5.38 Å². The lowest BCUT2D eigenvalue weighted by atomic mass is 9.88. The summed E-state index contributed by atoms with van der Waals surface area (Å²) in [5, 5.41) is 0.146. The maximum absolute atomic E-state index is 6.32. The maximum Gasteiger partial charge on any atom is 0.0756 e. The van der Waals surface area contributed by atoms with Crippen molar-refractivity contribution in [1.82, 2.24) is 4.90 Å². The number of rotatable bonds is 3. The van der Waals surface area contributed by atoms with E-state index in [1.54, 1.807) is 0 Å². The first-order valence-corrected chi connectivity index (χ1v) is 6.84. The van der Waals surface area contributed by atoms with Crippen LogP contribution in [-0.4, -0.2) is 35.6 Å². The number of allylic oxidation sites excluding steroid dienone is 1. The predicted octanol–water partition coefficient (Wildman–Crippen LogP) is 3.07. The van der Waals surface area contributed by atoms with Crippen molar-refractivity contribution in [3.8, 4) is 0 Å². The molecule has 90 valence electrons. The Bertz CT molecular complexity index is 278. The van der Waals surface area contributed by atoms with E-state index in [1.165, 1.54) is 44.6 Å². The number of hydrogen-bond donors (Lipinski definition) is 0. The molecule has 1 saturated heterocycles. The summed E-state index contributed by atoms with van der Waals surface area (Å²) in [6, 6.07) is 0. The lowest BCUT2D eigenvalue weighted by Crippen LogP contribution is -2.39. The van der Waals surface area contributed by atoms with Crippen LogP contribution in [0.4, 0.5) is 0 Å². The molecule has 2 aliphatic heterocycles. The van der Waals surface area contributed by atoms with Gasteiger partial charge in [0.05, 0.1) is 5.38 Å². The molecule has 1 atom stereocenters. The van der Waals surface area contributed by atoms with Crippen LogP contribution in [0.3, 0.4) is 0 Å². The zero-order chi connectivity index (χ0) is 11.4. The molecular formula is C13H21ClN2. The predicted molar refractivity (Wildman–Crippen MR) is 70.3 cm³/mol. The van der Waals surface area contributed by atoms with E-state index in [0.717, 1.165) is 6.42 Å². The van der Waals surface area contributed by atoms with Gasteiger partial charge in [-0.25, -0.2) is 0 Å². The molecule has 2 heterocycles. The third-order valence-electron chi connectivity index (χ3n) is 3.54. The average molecular weight is 241 g/mol. The van der Waals surface area contributed by atoms with Gasteiger partial charge in [0.15, 0.2) is 0 Å². The van der Waals surface area contributed by atoms with E-state index >= 15 is 0 Å². The fourth-order valence-electron chi connectivity index (χ4n) is 2.65. The Balaban J connectivity index is 1.88. The van der Waals surface area contributed by atoms with Gasteiger partial charge >= 0.3 is 0 Å². The molecule has 0 aromatic heterocycles.